The molecule has 0 radical (unpaired) electrons. The van der Waals surface area contributed by atoms with E-state index < -0.39 is 11.7 Å². The van der Waals surface area contributed by atoms with Gasteiger partial charge in [-0.2, -0.15) is 10.5 Å². The zero-order chi connectivity index (χ0) is 32.1. The standard InChI is InChI=1S/C30H31FN6O4.CH2O2/c1-41-27-8-7-19(15-26(27)38)24-18-35-30(23(17-33)29(24)20-5-6-21(16-32)25(31)14-20)37-12-9-22(10-13-37)34-11-3-2-4-28(39)36-40;2-1-3/h5-8,14-15,18,22,34,38,40H,2-4,9-13H2,1H3,(H,36,39);1H,(H,2,3). The van der Waals surface area contributed by atoms with E-state index in [2.05, 4.69) is 16.4 Å². The monoisotopic (exact) mass is 604 g/mol. The molecule has 0 saturated carbocycles. The highest BCUT2D eigenvalue weighted by molar-refractivity contribution is 5.90. The van der Waals surface area contributed by atoms with E-state index >= 15 is 0 Å². The van der Waals surface area contributed by atoms with Crippen LogP contribution >= 0.6 is 0 Å². The van der Waals surface area contributed by atoms with Gasteiger partial charge in [-0.3, -0.25) is 14.8 Å². The Morgan fingerprint density at radius 2 is 1.86 bits per heavy atom. The maximum Gasteiger partial charge on any atom is 0.290 e. The number of nitrogens with one attached hydrogen (secondary N) is 2. The minimum Gasteiger partial charge on any atom is -0.504 e. The highest BCUT2D eigenvalue weighted by Gasteiger charge is 2.26. The SMILES string of the molecule is COc1ccc(-c2cnc(N3CCC(NCCCCC(=O)NO)CC3)c(C#N)c2-c2ccc(C#N)c(F)c2)cc1O.O=CO. The summed E-state index contributed by atoms with van der Waals surface area (Å²) < 4.78 is 19.9. The number of benzene rings is 2. The number of nitrogens with zero attached hydrogens (tertiary/aromatic N) is 4. The molecule has 0 unspecified atom stereocenters. The number of hydrogen-bond acceptors (Lipinski definition) is 10. The molecule has 2 aromatic carbocycles. The van der Waals surface area contributed by atoms with Gasteiger partial charge in [0.15, 0.2) is 11.5 Å². The number of ether oxygens (including phenoxy) is 1. The number of phenols is 1. The number of methoxy groups -OCH3 is 1. The second-order valence-electron chi connectivity index (χ2n) is 9.86. The van der Waals surface area contributed by atoms with Crippen molar-refractivity contribution in [1.82, 2.24) is 15.8 Å². The van der Waals surface area contributed by atoms with E-state index in [1.807, 2.05) is 11.0 Å². The van der Waals surface area contributed by atoms with Gasteiger partial charge >= 0.3 is 0 Å². The molecule has 0 bridgehead atoms. The fraction of sp³-hybridized carbons (Fsp3) is 0.323. The Morgan fingerprint density at radius 1 is 1.16 bits per heavy atom. The number of phenolic OH excluding ortho intramolecular Hbond substituents is 1. The minimum absolute atomic E-state index is 0.0872. The number of pyridine rings is 1. The third-order valence-corrected chi connectivity index (χ3v) is 7.22. The van der Waals surface area contributed by atoms with Crippen molar-refractivity contribution in [3.63, 3.8) is 0 Å². The smallest absolute Gasteiger partial charge is 0.290 e. The molecule has 3 aromatic rings. The van der Waals surface area contributed by atoms with Gasteiger partial charge in [0, 0.05) is 42.9 Å². The topological polar surface area (TPSA) is 192 Å². The summed E-state index contributed by atoms with van der Waals surface area (Å²) in [7, 11) is 1.45. The van der Waals surface area contributed by atoms with Gasteiger partial charge in [-0.05, 0) is 67.6 Å². The number of rotatable bonds is 10. The molecular formula is C31H33FN6O6. The molecule has 12 nitrogen and oxygen atoms in total. The average Bonchev–Trinajstić information content (AvgIpc) is 3.04. The van der Waals surface area contributed by atoms with Crippen molar-refractivity contribution >= 4 is 18.2 Å². The van der Waals surface area contributed by atoms with E-state index in [0.29, 0.717) is 47.6 Å². The molecule has 1 fully saturated rings. The quantitative estimate of drug-likeness (QED) is 0.0974. The Hall–Kier alpha value is -5.24. The fourth-order valence-electron chi connectivity index (χ4n) is 5.05. The van der Waals surface area contributed by atoms with Crippen LogP contribution in [0.1, 0.15) is 43.2 Å². The Bertz CT molecular complexity index is 1550. The van der Waals surface area contributed by atoms with Crippen LogP contribution in [0, 0.1) is 28.5 Å². The van der Waals surface area contributed by atoms with E-state index in [-0.39, 0.29) is 41.6 Å². The van der Waals surface area contributed by atoms with Crippen LogP contribution in [0.4, 0.5) is 10.2 Å². The predicted octanol–water partition coefficient (Wildman–Crippen LogP) is 3.95. The maximum atomic E-state index is 14.7. The summed E-state index contributed by atoms with van der Waals surface area (Å²) in [5.41, 5.74) is 3.77. The van der Waals surface area contributed by atoms with Gasteiger partial charge in [0.2, 0.25) is 5.91 Å². The molecule has 44 heavy (non-hydrogen) atoms. The lowest BCUT2D eigenvalue weighted by molar-refractivity contribution is -0.129. The van der Waals surface area contributed by atoms with Crippen molar-refractivity contribution in [3.8, 4) is 45.9 Å². The first-order valence-electron chi connectivity index (χ1n) is 13.8. The zero-order valence-corrected chi connectivity index (χ0v) is 24.1. The summed E-state index contributed by atoms with van der Waals surface area (Å²) in [6.07, 6.45) is 5.01. The van der Waals surface area contributed by atoms with Gasteiger partial charge in [-0.1, -0.05) is 12.1 Å². The summed E-state index contributed by atoms with van der Waals surface area (Å²) in [6, 6.07) is 13.5. The van der Waals surface area contributed by atoms with Crippen LogP contribution < -0.4 is 20.4 Å². The number of anilines is 1. The predicted molar refractivity (Wildman–Crippen MR) is 158 cm³/mol. The highest BCUT2D eigenvalue weighted by atomic mass is 19.1. The Morgan fingerprint density at radius 3 is 2.45 bits per heavy atom. The average molecular weight is 605 g/mol. The molecule has 1 saturated heterocycles. The fourth-order valence-corrected chi connectivity index (χ4v) is 5.05. The molecule has 13 heteroatoms. The number of hydroxylamine groups is 1. The lowest BCUT2D eigenvalue weighted by atomic mass is 9.91. The number of piperidine rings is 1. The van der Waals surface area contributed by atoms with Gasteiger partial charge < -0.3 is 25.2 Å². The molecule has 1 aromatic heterocycles. The number of amides is 1. The van der Waals surface area contributed by atoms with Gasteiger partial charge in [0.25, 0.3) is 6.47 Å². The van der Waals surface area contributed by atoms with E-state index in [1.165, 1.54) is 25.3 Å². The number of aromatic nitrogens is 1. The summed E-state index contributed by atoms with van der Waals surface area (Å²) >= 11 is 0. The van der Waals surface area contributed by atoms with Crippen molar-refractivity contribution < 1.29 is 34.1 Å². The second-order valence-corrected chi connectivity index (χ2v) is 9.86. The summed E-state index contributed by atoms with van der Waals surface area (Å²) in [5, 5.41) is 49.0. The number of halogens is 1. The van der Waals surface area contributed by atoms with Crippen molar-refractivity contribution in [1.29, 1.82) is 10.5 Å². The van der Waals surface area contributed by atoms with E-state index in [1.54, 1.807) is 29.9 Å². The van der Waals surface area contributed by atoms with Crippen LogP contribution in [-0.2, 0) is 9.59 Å². The van der Waals surface area contributed by atoms with Crippen LogP contribution in [-0.4, -0.2) is 65.6 Å². The largest absolute Gasteiger partial charge is 0.504 e. The molecule has 1 aliphatic heterocycles. The minimum atomic E-state index is -0.695. The lowest BCUT2D eigenvalue weighted by Crippen LogP contribution is -2.43. The summed E-state index contributed by atoms with van der Waals surface area (Å²) in [4.78, 5) is 26.2. The third kappa shape index (κ3) is 8.19. The number of hydrogen-bond donors (Lipinski definition) is 5. The van der Waals surface area contributed by atoms with Gasteiger partial charge in [0.1, 0.15) is 29.3 Å². The van der Waals surface area contributed by atoms with Gasteiger partial charge in [0.05, 0.1) is 12.7 Å². The number of nitriles is 2. The van der Waals surface area contributed by atoms with E-state index in [0.717, 1.165) is 25.8 Å². The first-order valence-corrected chi connectivity index (χ1v) is 13.8. The summed E-state index contributed by atoms with van der Waals surface area (Å²) in [6.45, 7) is 1.80. The van der Waals surface area contributed by atoms with Crippen LogP contribution in [0.25, 0.3) is 22.3 Å². The first-order chi connectivity index (χ1) is 21.3. The number of carbonyl (C=O) groups excluding carboxylic acids is 1. The lowest BCUT2D eigenvalue weighted by Gasteiger charge is -2.34. The van der Waals surface area contributed by atoms with Gasteiger partial charge in [-0.15, -0.1) is 0 Å². The van der Waals surface area contributed by atoms with E-state index in [4.69, 9.17) is 19.8 Å². The van der Waals surface area contributed by atoms with Crippen LogP contribution in [0.2, 0.25) is 0 Å². The number of unbranched alkanes of at least 4 members (excludes halogenated alkanes) is 1. The number of aromatic hydroxyl groups is 1. The van der Waals surface area contributed by atoms with Crippen molar-refractivity contribution in [3.05, 3.63) is 59.5 Å². The van der Waals surface area contributed by atoms with Crippen LogP contribution in [0.15, 0.2) is 42.6 Å². The molecular weight excluding hydrogens is 571 g/mol. The molecule has 4 rings (SSSR count). The van der Waals surface area contributed by atoms with Gasteiger partial charge in [-0.25, -0.2) is 14.9 Å². The number of carboxylic acid groups (broad SMARTS) is 1. The Balaban J connectivity index is 0.00000169. The number of carbonyl (C=O) groups is 2. The molecule has 1 amide bonds. The van der Waals surface area contributed by atoms with E-state index in [9.17, 15) is 24.8 Å². The molecule has 0 aliphatic carbocycles. The van der Waals surface area contributed by atoms with Crippen LogP contribution in [0.3, 0.4) is 0 Å². The molecule has 230 valence electrons. The highest BCUT2D eigenvalue weighted by Crippen LogP contribution is 2.41. The molecule has 0 atom stereocenters. The third-order valence-electron chi connectivity index (χ3n) is 7.22. The first kappa shape index (κ1) is 33.3. The Labute approximate surface area is 253 Å². The maximum absolute atomic E-state index is 14.7. The molecule has 0 spiro atoms. The normalized spacial score (nSPS) is 12.7. The van der Waals surface area contributed by atoms with Crippen molar-refractivity contribution in [2.75, 3.05) is 31.6 Å². The Kier molecular flexibility index (Phi) is 12.4. The molecule has 1 aliphatic rings. The zero-order valence-electron chi connectivity index (χ0n) is 24.1. The van der Waals surface area contributed by atoms with Crippen molar-refractivity contribution in [2.45, 2.75) is 38.1 Å². The molecule has 2 heterocycles. The van der Waals surface area contributed by atoms with Crippen molar-refractivity contribution in [2.24, 2.45) is 0 Å². The summed E-state index contributed by atoms with van der Waals surface area (Å²) in [5.74, 6) is -0.397. The second kappa shape index (κ2) is 16.4. The van der Waals surface area contributed by atoms with Crippen LogP contribution in [0.5, 0.6) is 11.5 Å². The molecule has 5 N–H and O–H groups in total.